The molecule has 2 atom stereocenters. The van der Waals surface area contributed by atoms with Gasteiger partial charge in [0.05, 0.1) is 45.4 Å². The van der Waals surface area contributed by atoms with Crippen molar-refractivity contribution >= 4 is 70.2 Å². The molecular weight excluding hydrogens is 566 g/mol. The Morgan fingerprint density at radius 2 is 0.973 bits per heavy atom. The SMILES string of the molecule is COC(=O)C(CCCCCC(NC(=O)c1c(Cl)cccc1Cl)C(=O)OC)NC(=O)c1c(Cl)cccc1Cl. The molecule has 0 saturated heterocycles. The van der Waals surface area contributed by atoms with Gasteiger partial charge in [0.1, 0.15) is 12.1 Å². The summed E-state index contributed by atoms with van der Waals surface area (Å²) in [6, 6.07) is 7.43. The van der Waals surface area contributed by atoms with Gasteiger partial charge in [-0.2, -0.15) is 0 Å². The maximum Gasteiger partial charge on any atom is 0.328 e. The maximum atomic E-state index is 12.7. The van der Waals surface area contributed by atoms with Crippen LogP contribution in [-0.4, -0.2) is 50.1 Å². The second kappa shape index (κ2) is 15.0. The summed E-state index contributed by atoms with van der Waals surface area (Å²) in [6.07, 6.45) is 2.13. The average Bonchev–Trinajstić information content (AvgIpc) is 2.85. The van der Waals surface area contributed by atoms with Crippen molar-refractivity contribution in [1.29, 1.82) is 0 Å². The molecule has 2 aromatic rings. The molecule has 2 aromatic carbocycles. The van der Waals surface area contributed by atoms with Crippen LogP contribution in [-0.2, 0) is 19.1 Å². The molecule has 200 valence electrons. The fourth-order valence-electron chi connectivity index (χ4n) is 3.55. The predicted molar refractivity (Wildman–Crippen MR) is 143 cm³/mol. The lowest BCUT2D eigenvalue weighted by Crippen LogP contribution is -2.42. The van der Waals surface area contributed by atoms with Crippen LogP contribution >= 0.6 is 46.4 Å². The van der Waals surface area contributed by atoms with Gasteiger partial charge < -0.3 is 20.1 Å². The van der Waals surface area contributed by atoms with Crippen molar-refractivity contribution < 1.29 is 28.7 Å². The lowest BCUT2D eigenvalue weighted by Gasteiger charge is -2.19. The van der Waals surface area contributed by atoms with Gasteiger partial charge in [0.25, 0.3) is 11.8 Å². The number of hydrogen-bond donors (Lipinski definition) is 2. The first-order valence-corrected chi connectivity index (χ1v) is 12.8. The minimum Gasteiger partial charge on any atom is -0.467 e. The number of unbranched alkanes of at least 4 members (excludes halogenated alkanes) is 2. The van der Waals surface area contributed by atoms with Crippen molar-refractivity contribution in [3.8, 4) is 0 Å². The molecule has 0 aromatic heterocycles. The molecule has 0 heterocycles. The number of carbonyl (C=O) groups excluding carboxylic acids is 4. The Morgan fingerprint density at radius 1 is 0.649 bits per heavy atom. The van der Waals surface area contributed by atoms with Crippen LogP contribution < -0.4 is 10.6 Å². The summed E-state index contributed by atoms with van der Waals surface area (Å²) in [5.74, 6) is -2.43. The molecule has 0 aliphatic heterocycles. The fraction of sp³-hybridized carbons (Fsp3) is 0.360. The number of esters is 2. The third kappa shape index (κ3) is 8.78. The second-order valence-corrected chi connectivity index (χ2v) is 9.56. The number of amides is 2. The Bertz CT molecular complexity index is 1020. The summed E-state index contributed by atoms with van der Waals surface area (Å²) in [4.78, 5) is 49.8. The quantitative estimate of drug-likeness (QED) is 0.249. The number of hydrogen-bond acceptors (Lipinski definition) is 6. The van der Waals surface area contributed by atoms with Crippen molar-refractivity contribution in [3.05, 3.63) is 67.6 Å². The molecule has 37 heavy (non-hydrogen) atoms. The van der Waals surface area contributed by atoms with E-state index >= 15 is 0 Å². The maximum absolute atomic E-state index is 12.7. The molecule has 0 aliphatic carbocycles. The summed E-state index contributed by atoms with van der Waals surface area (Å²) in [6.45, 7) is 0. The smallest absolute Gasteiger partial charge is 0.328 e. The van der Waals surface area contributed by atoms with Gasteiger partial charge in [-0.15, -0.1) is 0 Å². The van der Waals surface area contributed by atoms with Gasteiger partial charge in [0, 0.05) is 0 Å². The Hall–Kier alpha value is -2.52. The first-order chi connectivity index (χ1) is 17.6. The van der Waals surface area contributed by atoms with Crippen molar-refractivity contribution in [3.63, 3.8) is 0 Å². The molecule has 2 unspecified atom stereocenters. The van der Waals surface area contributed by atoms with Gasteiger partial charge in [-0.05, 0) is 37.1 Å². The molecule has 2 rings (SSSR count). The van der Waals surface area contributed by atoms with Gasteiger partial charge >= 0.3 is 11.9 Å². The number of ether oxygens (including phenoxy) is 2. The Balaban J connectivity index is 1.94. The van der Waals surface area contributed by atoms with Crippen LogP contribution in [0.15, 0.2) is 36.4 Å². The van der Waals surface area contributed by atoms with E-state index in [0.717, 1.165) is 0 Å². The van der Waals surface area contributed by atoms with E-state index in [4.69, 9.17) is 55.9 Å². The molecule has 0 spiro atoms. The minimum absolute atomic E-state index is 0.0648. The molecule has 0 aliphatic rings. The van der Waals surface area contributed by atoms with E-state index in [0.29, 0.717) is 19.3 Å². The number of benzene rings is 2. The van der Waals surface area contributed by atoms with Gasteiger partial charge in [-0.25, -0.2) is 9.59 Å². The topological polar surface area (TPSA) is 111 Å². The Labute approximate surface area is 234 Å². The minimum atomic E-state index is -0.927. The molecule has 0 radical (unpaired) electrons. The monoisotopic (exact) mass is 590 g/mol. The Morgan fingerprint density at radius 3 is 1.27 bits per heavy atom. The average molecular weight is 592 g/mol. The molecule has 8 nitrogen and oxygen atoms in total. The zero-order valence-electron chi connectivity index (χ0n) is 20.1. The molecule has 0 saturated carbocycles. The molecular formula is C25H26Cl4N2O6. The van der Waals surface area contributed by atoms with Crippen molar-refractivity contribution in [2.24, 2.45) is 0 Å². The van der Waals surface area contributed by atoms with Crippen LogP contribution in [0.2, 0.25) is 20.1 Å². The van der Waals surface area contributed by atoms with Gasteiger partial charge in [-0.3, -0.25) is 9.59 Å². The molecule has 2 N–H and O–H groups in total. The molecule has 2 amide bonds. The van der Waals surface area contributed by atoms with Crippen LogP contribution in [0.3, 0.4) is 0 Å². The number of methoxy groups -OCH3 is 2. The highest BCUT2D eigenvalue weighted by molar-refractivity contribution is 6.40. The molecule has 0 bridgehead atoms. The number of halogens is 4. The van der Waals surface area contributed by atoms with Crippen molar-refractivity contribution in [2.45, 2.75) is 44.2 Å². The van der Waals surface area contributed by atoms with Crippen LogP contribution in [0, 0.1) is 0 Å². The Kier molecular flexibility index (Phi) is 12.5. The highest BCUT2D eigenvalue weighted by atomic mass is 35.5. The standard InChI is InChI=1S/C25H26Cl4N2O6/c1-36-24(34)18(30-22(32)20-14(26)8-6-9-15(20)27)12-4-3-5-13-19(25(35)37-2)31-23(33)21-16(28)10-7-11-17(21)29/h6-11,18-19H,3-5,12-13H2,1-2H3,(H,30,32)(H,31,33). The van der Waals surface area contributed by atoms with Crippen molar-refractivity contribution in [1.82, 2.24) is 10.6 Å². The van der Waals surface area contributed by atoms with Crippen LogP contribution in [0.25, 0.3) is 0 Å². The zero-order chi connectivity index (χ0) is 27.5. The van der Waals surface area contributed by atoms with E-state index in [1.165, 1.54) is 38.5 Å². The predicted octanol–water partition coefficient (Wildman–Crippen LogP) is 5.49. The normalized spacial score (nSPS) is 12.3. The van der Waals surface area contributed by atoms with Gasteiger partial charge in [-0.1, -0.05) is 77.8 Å². The third-order valence-corrected chi connectivity index (χ3v) is 6.71. The zero-order valence-corrected chi connectivity index (χ0v) is 23.1. The van der Waals surface area contributed by atoms with Crippen molar-refractivity contribution in [2.75, 3.05) is 14.2 Å². The number of carbonyl (C=O) groups is 4. The van der Waals surface area contributed by atoms with E-state index in [-0.39, 0.29) is 44.1 Å². The molecule has 0 fully saturated rings. The summed E-state index contributed by atoms with van der Waals surface area (Å²) in [5, 5.41) is 5.84. The lowest BCUT2D eigenvalue weighted by atomic mass is 10.0. The highest BCUT2D eigenvalue weighted by Gasteiger charge is 2.26. The number of rotatable bonds is 12. The van der Waals surface area contributed by atoms with Gasteiger partial charge in [0.2, 0.25) is 0 Å². The van der Waals surface area contributed by atoms with E-state index < -0.39 is 35.8 Å². The first-order valence-electron chi connectivity index (χ1n) is 11.3. The van der Waals surface area contributed by atoms with Gasteiger partial charge in [0.15, 0.2) is 0 Å². The first kappa shape index (κ1) is 30.7. The molecule has 12 heteroatoms. The van der Waals surface area contributed by atoms with Crippen LogP contribution in [0.5, 0.6) is 0 Å². The second-order valence-electron chi connectivity index (χ2n) is 7.93. The number of nitrogens with one attached hydrogen (secondary N) is 2. The lowest BCUT2D eigenvalue weighted by molar-refractivity contribution is -0.143. The highest BCUT2D eigenvalue weighted by Crippen LogP contribution is 2.25. The largest absolute Gasteiger partial charge is 0.467 e. The third-order valence-electron chi connectivity index (χ3n) is 5.45. The van der Waals surface area contributed by atoms with E-state index in [2.05, 4.69) is 10.6 Å². The summed E-state index contributed by atoms with van der Waals surface area (Å²) < 4.78 is 9.61. The van der Waals surface area contributed by atoms with E-state index in [9.17, 15) is 19.2 Å². The summed E-state index contributed by atoms with van der Waals surface area (Å²) >= 11 is 24.3. The van der Waals surface area contributed by atoms with E-state index in [1.807, 2.05) is 0 Å². The van der Waals surface area contributed by atoms with Crippen LogP contribution in [0.4, 0.5) is 0 Å². The van der Waals surface area contributed by atoms with E-state index in [1.54, 1.807) is 12.1 Å². The van der Waals surface area contributed by atoms with Crippen LogP contribution in [0.1, 0.15) is 52.8 Å². The summed E-state index contributed by atoms with van der Waals surface area (Å²) in [7, 11) is 2.44. The summed E-state index contributed by atoms with van der Waals surface area (Å²) in [5.41, 5.74) is 0.130. The fourth-order valence-corrected chi connectivity index (χ4v) is 4.68.